The Labute approximate surface area is 369 Å². The number of fused-ring (bicyclic) bond motifs is 9. The minimum atomic E-state index is -0.579. The van der Waals surface area contributed by atoms with Crippen LogP contribution in [0.4, 0.5) is 34.1 Å². The maximum atomic E-state index is 2.49. The number of nitrogens with zero attached hydrogens (tertiary/aromatic N) is 2. The quantitative estimate of drug-likeness (QED) is 0.158. The number of para-hydroxylation sites is 3. The minimum Gasteiger partial charge on any atom is -0.310 e. The van der Waals surface area contributed by atoms with Gasteiger partial charge in [0, 0.05) is 22.7 Å². The molecule has 0 saturated heterocycles. The first-order chi connectivity index (χ1) is 31.3. The van der Waals surface area contributed by atoms with Gasteiger partial charge >= 0.3 is 0 Å². The second-order valence-electron chi connectivity index (χ2n) is 16.5. The monoisotopic (exact) mass is 802 g/mol. The van der Waals surface area contributed by atoms with Gasteiger partial charge in [-0.05, 0) is 133 Å². The van der Waals surface area contributed by atoms with Crippen molar-refractivity contribution in [2.24, 2.45) is 0 Å². The molecule has 0 unspecified atom stereocenters. The predicted octanol–water partition coefficient (Wildman–Crippen LogP) is 16.3. The summed E-state index contributed by atoms with van der Waals surface area (Å²) in [5.41, 5.74) is 20.9. The number of hydrogen-bond donors (Lipinski definition) is 0. The zero-order valence-electron chi connectivity index (χ0n) is 34.6. The third-order valence-corrected chi connectivity index (χ3v) is 13.0. The highest BCUT2D eigenvalue weighted by Crippen LogP contribution is 2.64. The molecule has 10 aromatic carbocycles. The largest absolute Gasteiger partial charge is 0.310 e. The molecule has 2 heteroatoms. The molecule has 0 atom stereocenters. The van der Waals surface area contributed by atoms with Crippen LogP contribution in [0.15, 0.2) is 255 Å². The summed E-state index contributed by atoms with van der Waals surface area (Å²) in [4.78, 5) is 4.91. The van der Waals surface area contributed by atoms with Gasteiger partial charge in [-0.2, -0.15) is 0 Å². The molecular formula is C61H42N2. The van der Waals surface area contributed by atoms with Crippen LogP contribution >= 0.6 is 0 Å². The Morgan fingerprint density at radius 2 is 0.698 bits per heavy atom. The summed E-state index contributed by atoms with van der Waals surface area (Å²) in [6.45, 7) is 0. The first-order valence-electron chi connectivity index (χ1n) is 21.8. The van der Waals surface area contributed by atoms with Gasteiger partial charge in [0.15, 0.2) is 0 Å². The highest BCUT2D eigenvalue weighted by Gasteiger charge is 2.51. The van der Waals surface area contributed by atoms with E-state index in [2.05, 4.69) is 265 Å². The lowest BCUT2D eigenvalue weighted by atomic mass is 9.64. The molecular weight excluding hydrogens is 761 g/mol. The summed E-state index contributed by atoms with van der Waals surface area (Å²) >= 11 is 0. The minimum absolute atomic E-state index is 0.579. The van der Waals surface area contributed by atoms with E-state index in [-0.39, 0.29) is 0 Å². The van der Waals surface area contributed by atoms with Crippen LogP contribution in [0.2, 0.25) is 0 Å². The maximum Gasteiger partial charge on any atom is 0.0755 e. The van der Waals surface area contributed by atoms with E-state index in [4.69, 9.17) is 0 Å². The normalized spacial score (nSPS) is 12.9. The average Bonchev–Trinajstić information content (AvgIpc) is 3.65. The summed E-state index contributed by atoms with van der Waals surface area (Å²) in [7, 11) is 0. The van der Waals surface area contributed by atoms with Gasteiger partial charge in [-0.15, -0.1) is 0 Å². The highest BCUT2D eigenvalue weighted by molar-refractivity contribution is 5.97. The second kappa shape index (κ2) is 15.1. The van der Waals surface area contributed by atoms with Crippen LogP contribution in [0.3, 0.4) is 0 Å². The van der Waals surface area contributed by atoms with Crippen molar-refractivity contribution < 1.29 is 0 Å². The molecule has 0 amide bonds. The lowest BCUT2D eigenvalue weighted by Crippen LogP contribution is -2.36. The molecule has 0 aromatic heterocycles. The van der Waals surface area contributed by atoms with E-state index in [9.17, 15) is 0 Å². The van der Waals surface area contributed by atoms with Crippen molar-refractivity contribution in [3.05, 3.63) is 277 Å². The van der Waals surface area contributed by atoms with E-state index in [1.165, 1.54) is 78.1 Å². The molecule has 0 saturated carbocycles. The zero-order chi connectivity index (χ0) is 41.7. The van der Waals surface area contributed by atoms with E-state index in [1.54, 1.807) is 0 Å². The van der Waals surface area contributed by atoms with Crippen LogP contribution in [-0.2, 0) is 5.41 Å². The van der Waals surface area contributed by atoms with E-state index in [0.717, 1.165) is 22.7 Å². The molecule has 1 aliphatic carbocycles. The molecule has 2 nitrogen and oxygen atoms in total. The van der Waals surface area contributed by atoms with Gasteiger partial charge in [-0.3, -0.25) is 0 Å². The third kappa shape index (κ3) is 5.95. The molecule has 12 rings (SSSR count). The molecule has 0 bridgehead atoms. The number of benzene rings is 10. The van der Waals surface area contributed by atoms with Gasteiger partial charge in [-0.1, -0.05) is 188 Å². The first-order valence-corrected chi connectivity index (χ1v) is 21.8. The summed E-state index contributed by atoms with van der Waals surface area (Å²) in [6, 6.07) is 93.4. The first kappa shape index (κ1) is 36.6. The number of anilines is 6. The van der Waals surface area contributed by atoms with Crippen molar-refractivity contribution in [2.45, 2.75) is 5.41 Å². The van der Waals surface area contributed by atoms with E-state index in [0.29, 0.717) is 0 Å². The smallest absolute Gasteiger partial charge is 0.0755 e. The van der Waals surface area contributed by atoms with E-state index < -0.39 is 5.41 Å². The molecule has 10 aromatic rings. The average molecular weight is 803 g/mol. The van der Waals surface area contributed by atoms with Crippen molar-refractivity contribution in [1.29, 1.82) is 0 Å². The fourth-order valence-electron chi connectivity index (χ4n) is 10.3. The van der Waals surface area contributed by atoms with Gasteiger partial charge in [0.2, 0.25) is 0 Å². The van der Waals surface area contributed by atoms with Crippen LogP contribution in [0, 0.1) is 0 Å². The molecule has 0 N–H and O–H groups in total. The molecule has 1 spiro atoms. The van der Waals surface area contributed by atoms with Gasteiger partial charge in [0.25, 0.3) is 0 Å². The molecule has 2 aliphatic rings. The van der Waals surface area contributed by atoms with Crippen molar-refractivity contribution in [1.82, 2.24) is 0 Å². The fraction of sp³-hybridized carbons (Fsp3) is 0.0164. The lowest BCUT2D eigenvalue weighted by Gasteiger charge is -2.45. The molecule has 1 aliphatic heterocycles. The van der Waals surface area contributed by atoms with Crippen LogP contribution in [0.5, 0.6) is 0 Å². The fourth-order valence-corrected chi connectivity index (χ4v) is 10.3. The van der Waals surface area contributed by atoms with Crippen molar-refractivity contribution in [3.8, 4) is 44.5 Å². The Balaban J connectivity index is 1.13. The molecule has 0 fully saturated rings. The summed E-state index contributed by atoms with van der Waals surface area (Å²) in [5.74, 6) is 0. The Bertz CT molecular complexity index is 3160. The van der Waals surface area contributed by atoms with Gasteiger partial charge < -0.3 is 9.80 Å². The van der Waals surface area contributed by atoms with Crippen molar-refractivity contribution in [2.75, 3.05) is 9.80 Å². The second-order valence-corrected chi connectivity index (χ2v) is 16.5. The SMILES string of the molecule is c1ccc(-c2ccc(N(c3cc(-c4ccccc4)cc(-c4ccccc4)c3)c3ccc4c(c3)C3(c5ccccc5-4)c4ccccc4N(c4ccccc4)c4ccccc43)cc2)cc1. The van der Waals surface area contributed by atoms with Crippen LogP contribution in [-0.4, -0.2) is 0 Å². The van der Waals surface area contributed by atoms with Gasteiger partial charge in [0.1, 0.15) is 0 Å². The third-order valence-electron chi connectivity index (χ3n) is 13.0. The van der Waals surface area contributed by atoms with Gasteiger partial charge in [0.05, 0.1) is 16.8 Å². The summed E-state index contributed by atoms with van der Waals surface area (Å²) < 4.78 is 0. The molecule has 296 valence electrons. The van der Waals surface area contributed by atoms with Crippen LogP contribution < -0.4 is 9.80 Å². The standard InChI is InChI=1S/C61H42N2/c1-5-19-43(20-6-1)46-33-35-50(36-34-46)62(52-40-47(44-21-7-2-8-22-44)39-48(41-52)45-23-9-3-10-24-45)51-37-38-54-53-27-13-14-28-55(53)61(58(54)42-51)56-29-15-17-31-59(56)63(49-25-11-4-12-26-49)60-32-18-16-30-57(60)61/h1-42H. The molecule has 1 heterocycles. The highest BCUT2D eigenvalue weighted by atomic mass is 15.2. The topological polar surface area (TPSA) is 6.48 Å². The molecule has 0 radical (unpaired) electrons. The Morgan fingerprint density at radius 3 is 1.27 bits per heavy atom. The van der Waals surface area contributed by atoms with E-state index in [1.807, 2.05) is 0 Å². The Hall–Kier alpha value is -8.20. The number of rotatable bonds is 7. The van der Waals surface area contributed by atoms with Crippen LogP contribution in [0.1, 0.15) is 22.3 Å². The maximum absolute atomic E-state index is 2.49. The number of hydrogen-bond acceptors (Lipinski definition) is 2. The lowest BCUT2D eigenvalue weighted by molar-refractivity contribution is 0.752. The Morgan fingerprint density at radius 1 is 0.270 bits per heavy atom. The van der Waals surface area contributed by atoms with Crippen molar-refractivity contribution >= 4 is 34.1 Å². The van der Waals surface area contributed by atoms with Gasteiger partial charge in [-0.25, -0.2) is 0 Å². The molecule has 63 heavy (non-hydrogen) atoms. The van der Waals surface area contributed by atoms with E-state index >= 15 is 0 Å². The predicted molar refractivity (Wildman–Crippen MR) is 263 cm³/mol. The Kier molecular flexibility index (Phi) is 8.76. The summed E-state index contributed by atoms with van der Waals surface area (Å²) in [6.07, 6.45) is 0. The van der Waals surface area contributed by atoms with Crippen LogP contribution in [0.25, 0.3) is 44.5 Å². The zero-order valence-corrected chi connectivity index (χ0v) is 34.6. The van der Waals surface area contributed by atoms with Crippen molar-refractivity contribution in [3.63, 3.8) is 0 Å². The summed E-state index contributed by atoms with van der Waals surface area (Å²) in [5, 5.41) is 0.